The van der Waals surface area contributed by atoms with Gasteiger partial charge in [-0.1, -0.05) is 23.2 Å². The van der Waals surface area contributed by atoms with Crippen molar-refractivity contribution in [3.05, 3.63) is 52.1 Å². The molecule has 31 heavy (non-hydrogen) atoms. The molecule has 8 nitrogen and oxygen atoms in total. The largest absolute Gasteiger partial charge is 0.480 e. The van der Waals surface area contributed by atoms with Gasteiger partial charge >= 0.3 is 5.97 Å². The molecule has 2 fully saturated rings. The monoisotopic (exact) mass is 487 g/mol. The van der Waals surface area contributed by atoms with Crippen LogP contribution in [0.25, 0.3) is 0 Å². The Hall–Kier alpha value is -2.30. The normalized spacial score (nSPS) is 22.4. The van der Waals surface area contributed by atoms with Crippen LogP contribution in [0, 0.1) is 5.82 Å². The van der Waals surface area contributed by atoms with Gasteiger partial charge in [0.1, 0.15) is 11.9 Å². The van der Waals surface area contributed by atoms with Crippen molar-refractivity contribution in [1.29, 1.82) is 0 Å². The molecule has 1 aliphatic heterocycles. The molecule has 164 valence electrons. The molecule has 0 bridgehead atoms. The van der Waals surface area contributed by atoms with Gasteiger partial charge < -0.3 is 10.0 Å². The highest BCUT2D eigenvalue weighted by atomic mass is 35.5. The molecule has 1 amide bonds. The summed E-state index contributed by atoms with van der Waals surface area (Å²) in [6, 6.07) is 2.26. The maximum atomic E-state index is 14.5. The minimum absolute atomic E-state index is 0.0655. The Bertz CT molecular complexity index is 1170. The summed E-state index contributed by atoms with van der Waals surface area (Å²) in [5, 5.41) is 8.52. The van der Waals surface area contributed by atoms with Crippen LogP contribution in [-0.4, -0.2) is 58.1 Å². The number of carbonyl (C=O) groups is 2. The second kappa shape index (κ2) is 7.68. The van der Waals surface area contributed by atoms with Crippen molar-refractivity contribution in [3.63, 3.8) is 0 Å². The molecule has 0 radical (unpaired) electrons. The smallest absolute Gasteiger partial charge is 0.326 e. The van der Waals surface area contributed by atoms with Crippen molar-refractivity contribution in [2.45, 2.75) is 41.0 Å². The van der Waals surface area contributed by atoms with Crippen LogP contribution in [0.15, 0.2) is 35.6 Å². The lowest BCUT2D eigenvalue weighted by molar-refractivity contribution is -0.149. The maximum Gasteiger partial charge on any atom is 0.326 e. The topological polar surface area (TPSA) is 118 Å². The first-order valence-corrected chi connectivity index (χ1v) is 11.6. The van der Waals surface area contributed by atoms with Gasteiger partial charge in [0.2, 0.25) is 5.91 Å². The lowest BCUT2D eigenvalue weighted by Crippen LogP contribution is -2.46. The lowest BCUT2D eigenvalue weighted by atomic mass is 9.98. The summed E-state index contributed by atoms with van der Waals surface area (Å²) in [6.07, 6.45) is 2.63. The first kappa shape index (κ1) is 21.9. The number of sulfone groups is 1. The van der Waals surface area contributed by atoms with Gasteiger partial charge in [-0.05, 0) is 37.5 Å². The number of hydrogen-bond donors (Lipinski definition) is 1. The van der Waals surface area contributed by atoms with Gasteiger partial charge in [-0.15, -0.1) is 0 Å². The molecule has 2 aromatic rings. The number of amides is 1. The molecule has 1 saturated heterocycles. The Labute approximate surface area is 186 Å². The molecule has 2 aliphatic rings. The van der Waals surface area contributed by atoms with E-state index < -0.39 is 44.2 Å². The second-order valence-electron chi connectivity index (χ2n) is 7.59. The van der Waals surface area contributed by atoms with Crippen LogP contribution in [0.2, 0.25) is 10.0 Å². The highest BCUT2D eigenvalue weighted by Gasteiger charge is 2.59. The van der Waals surface area contributed by atoms with E-state index in [1.807, 2.05) is 0 Å². The molecule has 1 saturated carbocycles. The zero-order valence-corrected chi connectivity index (χ0v) is 18.2. The Morgan fingerprint density at radius 1 is 1.16 bits per heavy atom. The number of carbonyl (C=O) groups excluding carboxylic acids is 1. The average Bonchev–Trinajstić information content (AvgIpc) is 3.37. The van der Waals surface area contributed by atoms with Gasteiger partial charge in [0, 0.05) is 18.9 Å². The summed E-state index contributed by atoms with van der Waals surface area (Å²) in [6.45, 7) is -0.348. The minimum Gasteiger partial charge on any atom is -0.480 e. The van der Waals surface area contributed by atoms with Crippen molar-refractivity contribution < 1.29 is 27.5 Å². The van der Waals surface area contributed by atoms with Crippen LogP contribution in [0.1, 0.15) is 25.0 Å². The van der Waals surface area contributed by atoms with E-state index in [9.17, 15) is 27.5 Å². The second-order valence-corrected chi connectivity index (χ2v) is 10.6. The standard InChI is InChI=1S/C19H16Cl2FN3O5S/c20-10-1-2-15(23-7-10)31(29,30)12-6-14(17(26)27)25(9-12)18(28)19(3-4-19)16-13(22)5-11(21)8-24-16/h1-2,5,7-8,12,14H,3-4,6,9H2,(H,26,27)/t12-,14+/m1/s1. The van der Waals surface area contributed by atoms with Crippen LogP contribution in [-0.2, 0) is 24.8 Å². The van der Waals surface area contributed by atoms with E-state index in [2.05, 4.69) is 9.97 Å². The lowest BCUT2D eigenvalue weighted by Gasteiger charge is -2.26. The summed E-state index contributed by atoms with van der Waals surface area (Å²) in [5.41, 5.74) is -1.43. The molecule has 2 atom stereocenters. The van der Waals surface area contributed by atoms with Crippen molar-refractivity contribution in [2.24, 2.45) is 0 Å². The fourth-order valence-electron chi connectivity index (χ4n) is 3.90. The summed E-state index contributed by atoms with van der Waals surface area (Å²) in [4.78, 5) is 33.9. The summed E-state index contributed by atoms with van der Waals surface area (Å²) < 4.78 is 40.4. The van der Waals surface area contributed by atoms with Crippen LogP contribution >= 0.6 is 23.2 Å². The Balaban J connectivity index is 1.65. The maximum absolute atomic E-state index is 14.5. The molecule has 0 unspecified atom stereocenters. The van der Waals surface area contributed by atoms with Gasteiger partial charge in [0.15, 0.2) is 14.9 Å². The van der Waals surface area contributed by atoms with Crippen molar-refractivity contribution >= 4 is 44.9 Å². The van der Waals surface area contributed by atoms with Crippen molar-refractivity contribution in [3.8, 4) is 0 Å². The number of carboxylic acids is 1. The highest BCUT2D eigenvalue weighted by Crippen LogP contribution is 2.51. The quantitative estimate of drug-likeness (QED) is 0.687. The van der Waals surface area contributed by atoms with E-state index in [0.29, 0.717) is 0 Å². The molecule has 2 aromatic heterocycles. The Morgan fingerprint density at radius 3 is 2.39 bits per heavy atom. The molecule has 4 rings (SSSR count). The number of pyridine rings is 2. The number of aliphatic carboxylic acids is 1. The highest BCUT2D eigenvalue weighted by molar-refractivity contribution is 7.92. The van der Waals surface area contributed by atoms with Gasteiger partial charge in [0.05, 0.1) is 26.4 Å². The molecule has 3 heterocycles. The number of halogens is 3. The average molecular weight is 488 g/mol. The SMILES string of the molecule is O=C(O)[C@@H]1C[C@@H](S(=O)(=O)c2ccc(Cl)cn2)CN1C(=O)C1(c2ncc(Cl)cc2F)CC1. The zero-order valence-electron chi connectivity index (χ0n) is 15.8. The van der Waals surface area contributed by atoms with Crippen LogP contribution < -0.4 is 0 Å². The number of rotatable bonds is 5. The fourth-order valence-corrected chi connectivity index (χ4v) is 5.75. The third kappa shape index (κ3) is 3.77. The van der Waals surface area contributed by atoms with E-state index in [1.54, 1.807) is 0 Å². The van der Waals surface area contributed by atoms with Crippen LogP contribution in [0.3, 0.4) is 0 Å². The number of nitrogens with zero attached hydrogens (tertiary/aromatic N) is 3. The van der Waals surface area contributed by atoms with Gasteiger partial charge in [-0.25, -0.2) is 22.6 Å². The Morgan fingerprint density at radius 2 is 1.84 bits per heavy atom. The molecular formula is C19H16Cl2FN3O5S. The molecule has 1 N–H and O–H groups in total. The van der Waals surface area contributed by atoms with E-state index in [4.69, 9.17) is 23.2 Å². The fraction of sp³-hybridized carbons (Fsp3) is 0.368. The van der Waals surface area contributed by atoms with Gasteiger partial charge in [0.25, 0.3) is 0 Å². The first-order chi connectivity index (χ1) is 14.6. The predicted octanol–water partition coefficient (Wildman–Crippen LogP) is 2.48. The molecule has 1 aliphatic carbocycles. The van der Waals surface area contributed by atoms with E-state index in [0.717, 1.165) is 11.0 Å². The van der Waals surface area contributed by atoms with Gasteiger partial charge in [-0.2, -0.15) is 0 Å². The first-order valence-electron chi connectivity index (χ1n) is 9.27. The summed E-state index contributed by atoms with van der Waals surface area (Å²) in [7, 11) is -4.03. The van der Waals surface area contributed by atoms with Crippen LogP contribution in [0.5, 0.6) is 0 Å². The van der Waals surface area contributed by atoms with E-state index in [1.165, 1.54) is 24.5 Å². The van der Waals surface area contributed by atoms with Gasteiger partial charge in [-0.3, -0.25) is 9.78 Å². The number of aromatic nitrogens is 2. The molecular weight excluding hydrogens is 472 g/mol. The minimum atomic E-state index is -4.03. The number of carboxylic acid groups (broad SMARTS) is 1. The third-order valence-corrected chi connectivity index (χ3v) is 8.13. The van der Waals surface area contributed by atoms with Crippen LogP contribution in [0.4, 0.5) is 4.39 Å². The van der Waals surface area contributed by atoms with E-state index in [-0.39, 0.29) is 46.6 Å². The van der Waals surface area contributed by atoms with E-state index >= 15 is 0 Å². The third-order valence-electron chi connectivity index (χ3n) is 5.66. The summed E-state index contributed by atoms with van der Waals surface area (Å²) in [5.74, 6) is -2.76. The number of hydrogen-bond acceptors (Lipinski definition) is 6. The molecule has 0 spiro atoms. The predicted molar refractivity (Wildman–Crippen MR) is 108 cm³/mol. The number of likely N-dealkylation sites (tertiary alicyclic amines) is 1. The molecule has 12 heteroatoms. The summed E-state index contributed by atoms with van der Waals surface area (Å²) >= 11 is 11.5. The molecule has 0 aromatic carbocycles. The zero-order chi connectivity index (χ0) is 22.6. The van der Waals surface area contributed by atoms with Crippen molar-refractivity contribution in [1.82, 2.24) is 14.9 Å². The Kier molecular flexibility index (Phi) is 5.43. The van der Waals surface area contributed by atoms with Crippen molar-refractivity contribution in [2.75, 3.05) is 6.54 Å².